The topological polar surface area (TPSA) is 90.4 Å². The van der Waals surface area contributed by atoms with Crippen LogP contribution in [0.25, 0.3) is 0 Å². The van der Waals surface area contributed by atoms with Crippen LogP contribution in [0.3, 0.4) is 0 Å². The van der Waals surface area contributed by atoms with Gasteiger partial charge >= 0.3 is 11.9 Å². The lowest BCUT2D eigenvalue weighted by molar-refractivity contribution is -0.145. The maximum absolute atomic E-state index is 11.0. The molecule has 1 heterocycles. The summed E-state index contributed by atoms with van der Waals surface area (Å²) in [6, 6.07) is 1.61. The van der Waals surface area contributed by atoms with Gasteiger partial charge in [0.05, 0.1) is 5.92 Å². The number of hydrogen-bond acceptors (Lipinski definition) is 2. The van der Waals surface area contributed by atoms with Crippen LogP contribution in [-0.2, 0) is 15.0 Å². The van der Waals surface area contributed by atoms with Gasteiger partial charge in [-0.15, -0.1) is 0 Å². The molecule has 2 rings (SSSR count). The Morgan fingerprint density at radius 3 is 2.57 bits per heavy atom. The molecule has 5 heteroatoms. The third kappa shape index (κ3) is 0.951. The van der Waals surface area contributed by atoms with E-state index in [1.165, 1.54) is 6.20 Å². The Balaban J connectivity index is 2.37. The number of carbonyl (C=O) groups is 2. The summed E-state index contributed by atoms with van der Waals surface area (Å²) in [7, 11) is 0. The van der Waals surface area contributed by atoms with Crippen LogP contribution in [0.4, 0.5) is 0 Å². The standard InChI is InChI=1S/C9H9NO4/c11-7(12)6-3-9(6,8(13)14)5-1-2-10-4-5/h1-2,4,6,10H,3H2,(H,11,12)(H,13,14). The normalized spacial score (nSPS) is 29.9. The molecule has 1 aliphatic rings. The number of H-pyrrole nitrogens is 1. The second kappa shape index (κ2) is 2.60. The van der Waals surface area contributed by atoms with Crippen molar-refractivity contribution < 1.29 is 19.8 Å². The number of aromatic nitrogens is 1. The van der Waals surface area contributed by atoms with E-state index in [-0.39, 0.29) is 6.42 Å². The van der Waals surface area contributed by atoms with Crippen molar-refractivity contribution in [3.05, 3.63) is 24.0 Å². The Morgan fingerprint density at radius 1 is 1.50 bits per heavy atom. The molecule has 1 aliphatic carbocycles. The highest BCUT2D eigenvalue weighted by atomic mass is 16.4. The number of aromatic amines is 1. The van der Waals surface area contributed by atoms with Crippen molar-refractivity contribution in [1.29, 1.82) is 0 Å². The third-order valence-electron chi connectivity index (χ3n) is 2.75. The van der Waals surface area contributed by atoms with Gasteiger partial charge in [-0.2, -0.15) is 0 Å². The van der Waals surface area contributed by atoms with Crippen molar-refractivity contribution in [2.45, 2.75) is 11.8 Å². The Morgan fingerprint density at radius 2 is 2.21 bits per heavy atom. The van der Waals surface area contributed by atoms with Gasteiger partial charge in [0.25, 0.3) is 0 Å². The van der Waals surface area contributed by atoms with Crippen molar-refractivity contribution >= 4 is 11.9 Å². The summed E-state index contributed by atoms with van der Waals surface area (Å²) < 4.78 is 0. The van der Waals surface area contributed by atoms with Gasteiger partial charge < -0.3 is 15.2 Å². The smallest absolute Gasteiger partial charge is 0.315 e. The minimum Gasteiger partial charge on any atom is -0.481 e. The summed E-state index contributed by atoms with van der Waals surface area (Å²) in [4.78, 5) is 24.5. The van der Waals surface area contributed by atoms with Gasteiger partial charge in [-0.1, -0.05) is 0 Å². The van der Waals surface area contributed by atoms with Crippen molar-refractivity contribution in [3.63, 3.8) is 0 Å². The minimum atomic E-state index is -1.20. The van der Waals surface area contributed by atoms with Crippen LogP contribution in [0.15, 0.2) is 18.5 Å². The zero-order chi connectivity index (χ0) is 10.3. The molecule has 0 spiro atoms. The molecule has 0 aromatic carbocycles. The van der Waals surface area contributed by atoms with E-state index in [9.17, 15) is 9.59 Å². The molecule has 1 saturated carbocycles. The van der Waals surface area contributed by atoms with E-state index in [2.05, 4.69) is 4.98 Å². The molecule has 0 bridgehead atoms. The van der Waals surface area contributed by atoms with E-state index in [1.54, 1.807) is 12.3 Å². The minimum absolute atomic E-state index is 0.176. The second-order valence-electron chi connectivity index (χ2n) is 3.47. The van der Waals surface area contributed by atoms with Crippen LogP contribution in [0.5, 0.6) is 0 Å². The average Bonchev–Trinajstić information content (AvgIpc) is 2.66. The highest BCUT2D eigenvalue weighted by Gasteiger charge is 2.65. The molecule has 3 N–H and O–H groups in total. The number of carboxylic acid groups (broad SMARTS) is 2. The van der Waals surface area contributed by atoms with Crippen molar-refractivity contribution in [1.82, 2.24) is 4.98 Å². The highest BCUT2D eigenvalue weighted by molar-refractivity contribution is 5.94. The lowest BCUT2D eigenvalue weighted by Gasteiger charge is -2.07. The Labute approximate surface area is 79.4 Å². The van der Waals surface area contributed by atoms with Crippen LogP contribution in [-0.4, -0.2) is 27.1 Å². The Hall–Kier alpha value is -1.78. The van der Waals surface area contributed by atoms with Crippen LogP contribution in [0.2, 0.25) is 0 Å². The number of carboxylic acids is 2. The van der Waals surface area contributed by atoms with E-state index >= 15 is 0 Å². The van der Waals surface area contributed by atoms with E-state index in [0.717, 1.165) is 0 Å². The number of aliphatic carboxylic acids is 2. The van der Waals surface area contributed by atoms with Crippen LogP contribution in [0.1, 0.15) is 12.0 Å². The molecule has 14 heavy (non-hydrogen) atoms. The Kier molecular flexibility index (Phi) is 1.64. The molecule has 1 aromatic rings. The molecular weight excluding hydrogens is 186 g/mol. The summed E-state index contributed by atoms with van der Waals surface area (Å²) in [5.41, 5.74) is -0.663. The maximum atomic E-state index is 11.0. The molecule has 0 saturated heterocycles. The van der Waals surface area contributed by atoms with Gasteiger partial charge in [-0.25, -0.2) is 0 Å². The summed E-state index contributed by atoms with van der Waals surface area (Å²) >= 11 is 0. The summed E-state index contributed by atoms with van der Waals surface area (Å²) in [6.07, 6.45) is 3.31. The van der Waals surface area contributed by atoms with Crippen LogP contribution >= 0.6 is 0 Å². The van der Waals surface area contributed by atoms with Gasteiger partial charge in [0, 0.05) is 12.4 Å². The summed E-state index contributed by atoms with van der Waals surface area (Å²) in [5, 5.41) is 17.8. The quantitative estimate of drug-likeness (QED) is 0.652. The van der Waals surface area contributed by atoms with Gasteiger partial charge in [-0.3, -0.25) is 9.59 Å². The zero-order valence-corrected chi connectivity index (χ0v) is 7.23. The first-order valence-corrected chi connectivity index (χ1v) is 4.18. The van der Waals surface area contributed by atoms with Gasteiger partial charge in [-0.05, 0) is 18.1 Å². The van der Waals surface area contributed by atoms with E-state index in [4.69, 9.17) is 10.2 Å². The van der Waals surface area contributed by atoms with E-state index < -0.39 is 23.3 Å². The maximum Gasteiger partial charge on any atom is 0.315 e. The molecule has 74 valence electrons. The predicted molar refractivity (Wildman–Crippen MR) is 45.8 cm³/mol. The largest absolute Gasteiger partial charge is 0.481 e. The van der Waals surface area contributed by atoms with Crippen molar-refractivity contribution in [3.8, 4) is 0 Å². The molecular formula is C9H9NO4. The van der Waals surface area contributed by atoms with Crippen LogP contribution in [0, 0.1) is 5.92 Å². The molecule has 0 amide bonds. The number of rotatable bonds is 3. The molecule has 0 radical (unpaired) electrons. The first-order chi connectivity index (χ1) is 6.59. The predicted octanol–water partition coefficient (Wildman–Crippen LogP) is 0.442. The third-order valence-corrected chi connectivity index (χ3v) is 2.75. The van der Waals surface area contributed by atoms with E-state index in [0.29, 0.717) is 5.56 Å². The zero-order valence-electron chi connectivity index (χ0n) is 7.23. The van der Waals surface area contributed by atoms with Crippen molar-refractivity contribution in [2.75, 3.05) is 0 Å². The van der Waals surface area contributed by atoms with Crippen LogP contribution < -0.4 is 0 Å². The summed E-state index contributed by atoms with van der Waals surface area (Å²) in [5.74, 6) is -2.91. The fourth-order valence-corrected chi connectivity index (χ4v) is 1.84. The summed E-state index contributed by atoms with van der Waals surface area (Å²) in [6.45, 7) is 0. The van der Waals surface area contributed by atoms with Gasteiger partial charge in [0.1, 0.15) is 5.41 Å². The average molecular weight is 195 g/mol. The Bertz CT molecular complexity index is 384. The first kappa shape index (κ1) is 8.80. The number of hydrogen-bond donors (Lipinski definition) is 3. The van der Waals surface area contributed by atoms with Gasteiger partial charge in [0.2, 0.25) is 0 Å². The highest BCUT2D eigenvalue weighted by Crippen LogP contribution is 2.54. The second-order valence-corrected chi connectivity index (χ2v) is 3.47. The van der Waals surface area contributed by atoms with Crippen molar-refractivity contribution in [2.24, 2.45) is 5.92 Å². The SMILES string of the molecule is O=C(O)C1CC1(C(=O)O)c1cc[nH]c1. The lowest BCUT2D eigenvalue weighted by atomic mass is 9.96. The molecule has 2 unspecified atom stereocenters. The van der Waals surface area contributed by atoms with Gasteiger partial charge in [0.15, 0.2) is 0 Å². The molecule has 1 aromatic heterocycles. The first-order valence-electron chi connectivity index (χ1n) is 4.18. The number of nitrogens with one attached hydrogen (secondary N) is 1. The lowest BCUT2D eigenvalue weighted by Crippen LogP contribution is -2.24. The molecule has 2 atom stereocenters. The monoisotopic (exact) mass is 195 g/mol. The molecule has 1 fully saturated rings. The fraction of sp³-hybridized carbons (Fsp3) is 0.333. The van der Waals surface area contributed by atoms with E-state index in [1.807, 2.05) is 0 Å². The molecule has 5 nitrogen and oxygen atoms in total. The molecule has 0 aliphatic heterocycles. The fourth-order valence-electron chi connectivity index (χ4n) is 1.84.